The number of ether oxygens (including phenoxy) is 1. The molecular formula is C13H18F2N4O. The Morgan fingerprint density at radius 3 is 2.80 bits per heavy atom. The molecule has 0 saturated heterocycles. The van der Waals surface area contributed by atoms with Gasteiger partial charge in [0.25, 0.3) is 0 Å². The molecule has 0 atom stereocenters. The summed E-state index contributed by atoms with van der Waals surface area (Å²) in [6.45, 7) is -2.53. The van der Waals surface area contributed by atoms with Crippen molar-refractivity contribution in [3.63, 3.8) is 0 Å². The molecule has 1 aliphatic carbocycles. The molecule has 0 bridgehead atoms. The van der Waals surface area contributed by atoms with Crippen LogP contribution in [0.5, 0.6) is 5.75 Å². The Morgan fingerprint density at radius 2 is 2.20 bits per heavy atom. The highest BCUT2D eigenvalue weighted by molar-refractivity contribution is 5.78. The molecule has 0 radical (unpaired) electrons. The van der Waals surface area contributed by atoms with Crippen molar-refractivity contribution in [2.45, 2.75) is 44.9 Å². The Labute approximate surface area is 116 Å². The highest BCUT2D eigenvalue weighted by Gasteiger charge is 2.14. The van der Waals surface area contributed by atoms with Crippen molar-refractivity contribution in [3.05, 3.63) is 24.0 Å². The number of hydrogen-bond acceptors (Lipinski definition) is 3. The lowest BCUT2D eigenvalue weighted by atomic mass is 10.2. The number of hydrogen-bond donors (Lipinski definition) is 2. The van der Waals surface area contributed by atoms with E-state index in [1.54, 1.807) is 6.07 Å². The van der Waals surface area contributed by atoms with Crippen LogP contribution in [-0.4, -0.2) is 23.6 Å². The van der Waals surface area contributed by atoms with Gasteiger partial charge in [0.15, 0.2) is 5.96 Å². The zero-order valence-corrected chi connectivity index (χ0v) is 11.1. The standard InChI is InChI=1S/C13H18F2N4O/c14-12(15)20-11-6-5-10(17-8-11)7-18-13(16)19-9-3-1-2-4-9/h5-6,8-9,12H,1-4,7H2,(H3,16,18,19). The summed E-state index contributed by atoms with van der Waals surface area (Å²) >= 11 is 0. The molecule has 0 aliphatic heterocycles. The summed E-state index contributed by atoms with van der Waals surface area (Å²) in [5.74, 6) is 0.427. The van der Waals surface area contributed by atoms with Gasteiger partial charge >= 0.3 is 6.61 Å². The van der Waals surface area contributed by atoms with Gasteiger partial charge in [-0.15, -0.1) is 0 Å². The molecule has 110 valence electrons. The number of rotatable bonds is 5. The maximum atomic E-state index is 12.0. The highest BCUT2D eigenvalue weighted by Crippen LogP contribution is 2.17. The Kier molecular flexibility index (Phi) is 5.09. The van der Waals surface area contributed by atoms with E-state index in [0.717, 1.165) is 12.8 Å². The molecule has 1 aliphatic rings. The third-order valence-corrected chi connectivity index (χ3v) is 3.14. The molecule has 1 saturated carbocycles. The van der Waals surface area contributed by atoms with Crippen LogP contribution < -0.4 is 15.8 Å². The van der Waals surface area contributed by atoms with Crippen LogP contribution in [0.2, 0.25) is 0 Å². The van der Waals surface area contributed by atoms with Gasteiger partial charge in [-0.1, -0.05) is 12.8 Å². The molecule has 7 heteroatoms. The van der Waals surface area contributed by atoms with Crippen molar-refractivity contribution in [1.29, 1.82) is 0 Å². The van der Waals surface area contributed by atoms with Crippen molar-refractivity contribution in [2.24, 2.45) is 10.7 Å². The van der Waals surface area contributed by atoms with E-state index in [-0.39, 0.29) is 5.75 Å². The fourth-order valence-electron chi connectivity index (χ4n) is 2.17. The summed E-state index contributed by atoms with van der Waals surface area (Å²) in [5.41, 5.74) is 6.43. The zero-order valence-electron chi connectivity index (χ0n) is 11.1. The number of aromatic nitrogens is 1. The number of alkyl halides is 2. The Balaban J connectivity index is 1.82. The fourth-order valence-corrected chi connectivity index (χ4v) is 2.17. The van der Waals surface area contributed by atoms with Gasteiger partial charge in [0.1, 0.15) is 5.75 Å². The molecule has 0 amide bonds. The molecule has 1 aromatic rings. The van der Waals surface area contributed by atoms with Crippen LogP contribution in [0.1, 0.15) is 31.4 Å². The first-order chi connectivity index (χ1) is 9.63. The van der Waals surface area contributed by atoms with Gasteiger partial charge in [-0.05, 0) is 25.0 Å². The monoisotopic (exact) mass is 284 g/mol. The van der Waals surface area contributed by atoms with Crippen LogP contribution in [0.25, 0.3) is 0 Å². The summed E-state index contributed by atoms with van der Waals surface area (Å²) in [6, 6.07) is 3.43. The van der Waals surface area contributed by atoms with E-state index in [0.29, 0.717) is 24.2 Å². The van der Waals surface area contributed by atoms with Gasteiger partial charge in [-0.25, -0.2) is 4.99 Å². The topological polar surface area (TPSA) is 72.5 Å². The Morgan fingerprint density at radius 1 is 1.45 bits per heavy atom. The van der Waals surface area contributed by atoms with Crippen molar-refractivity contribution < 1.29 is 13.5 Å². The summed E-state index contributed by atoms with van der Waals surface area (Å²) in [6.07, 6.45) is 5.93. The third kappa shape index (κ3) is 4.64. The normalized spacial score (nSPS) is 16.6. The summed E-state index contributed by atoms with van der Waals surface area (Å²) < 4.78 is 28.2. The van der Waals surface area contributed by atoms with Crippen LogP contribution >= 0.6 is 0 Å². The average Bonchev–Trinajstić information content (AvgIpc) is 2.90. The number of nitrogens with one attached hydrogen (secondary N) is 1. The fraction of sp³-hybridized carbons (Fsp3) is 0.538. The second-order valence-electron chi connectivity index (χ2n) is 4.69. The van der Waals surface area contributed by atoms with Crippen LogP contribution in [0.3, 0.4) is 0 Å². The predicted octanol–water partition coefficient (Wildman–Crippen LogP) is 2.03. The summed E-state index contributed by atoms with van der Waals surface area (Å²) in [4.78, 5) is 8.17. The minimum absolute atomic E-state index is 0.0322. The molecule has 20 heavy (non-hydrogen) atoms. The van der Waals surface area contributed by atoms with E-state index >= 15 is 0 Å². The van der Waals surface area contributed by atoms with Crippen LogP contribution in [-0.2, 0) is 6.54 Å². The molecule has 0 aromatic carbocycles. The minimum Gasteiger partial charge on any atom is -0.433 e. The number of halogens is 2. The van der Waals surface area contributed by atoms with Crippen molar-refractivity contribution in [1.82, 2.24) is 10.3 Å². The van der Waals surface area contributed by atoms with E-state index < -0.39 is 6.61 Å². The minimum atomic E-state index is -2.84. The lowest BCUT2D eigenvalue weighted by molar-refractivity contribution is -0.0500. The lowest BCUT2D eigenvalue weighted by Gasteiger charge is -2.12. The van der Waals surface area contributed by atoms with E-state index in [1.807, 2.05) is 0 Å². The molecule has 2 rings (SSSR count). The zero-order chi connectivity index (χ0) is 14.4. The predicted molar refractivity (Wildman–Crippen MR) is 71.6 cm³/mol. The molecule has 0 unspecified atom stereocenters. The van der Waals surface area contributed by atoms with Crippen molar-refractivity contribution in [3.8, 4) is 5.75 Å². The van der Waals surface area contributed by atoms with Gasteiger partial charge in [-0.3, -0.25) is 4.98 Å². The quantitative estimate of drug-likeness (QED) is 0.641. The van der Waals surface area contributed by atoms with Crippen LogP contribution in [0.4, 0.5) is 8.78 Å². The van der Waals surface area contributed by atoms with Crippen molar-refractivity contribution in [2.75, 3.05) is 0 Å². The van der Waals surface area contributed by atoms with Gasteiger partial charge in [-0.2, -0.15) is 8.78 Å². The third-order valence-electron chi connectivity index (χ3n) is 3.14. The first-order valence-electron chi connectivity index (χ1n) is 6.59. The highest BCUT2D eigenvalue weighted by atomic mass is 19.3. The SMILES string of the molecule is NC(=NCc1ccc(OC(F)F)cn1)NC1CCCC1. The Bertz CT molecular complexity index is 444. The number of guanidine groups is 1. The lowest BCUT2D eigenvalue weighted by Crippen LogP contribution is -2.38. The van der Waals surface area contributed by atoms with E-state index in [1.165, 1.54) is 25.1 Å². The van der Waals surface area contributed by atoms with Gasteiger partial charge in [0, 0.05) is 6.04 Å². The van der Waals surface area contributed by atoms with Crippen molar-refractivity contribution >= 4 is 5.96 Å². The van der Waals surface area contributed by atoms with Crippen LogP contribution in [0.15, 0.2) is 23.3 Å². The first-order valence-corrected chi connectivity index (χ1v) is 6.59. The molecule has 1 heterocycles. The molecular weight excluding hydrogens is 266 g/mol. The molecule has 1 fully saturated rings. The summed E-state index contributed by atoms with van der Waals surface area (Å²) in [5, 5.41) is 3.16. The van der Waals surface area contributed by atoms with Gasteiger partial charge in [0.05, 0.1) is 18.4 Å². The number of aliphatic imine (C=N–C) groups is 1. The smallest absolute Gasteiger partial charge is 0.387 e. The first kappa shape index (κ1) is 14.5. The second-order valence-corrected chi connectivity index (χ2v) is 4.69. The van der Waals surface area contributed by atoms with E-state index in [2.05, 4.69) is 20.0 Å². The Hall–Kier alpha value is -1.92. The summed E-state index contributed by atoms with van der Waals surface area (Å²) in [7, 11) is 0. The number of nitrogens with two attached hydrogens (primary N) is 1. The maximum Gasteiger partial charge on any atom is 0.387 e. The van der Waals surface area contributed by atoms with Crippen LogP contribution in [0, 0.1) is 0 Å². The average molecular weight is 284 g/mol. The molecule has 1 aromatic heterocycles. The van der Waals surface area contributed by atoms with E-state index in [4.69, 9.17) is 5.73 Å². The second kappa shape index (κ2) is 7.02. The number of pyridine rings is 1. The van der Waals surface area contributed by atoms with E-state index in [9.17, 15) is 8.78 Å². The number of nitrogens with zero attached hydrogens (tertiary/aromatic N) is 2. The molecule has 0 spiro atoms. The van der Waals surface area contributed by atoms with Gasteiger partial charge < -0.3 is 15.8 Å². The largest absolute Gasteiger partial charge is 0.433 e. The molecule has 3 N–H and O–H groups in total. The molecule has 5 nitrogen and oxygen atoms in total. The maximum absolute atomic E-state index is 12.0. The van der Waals surface area contributed by atoms with Gasteiger partial charge in [0.2, 0.25) is 0 Å².